The number of nitrogens with zero attached hydrogens (tertiary/aromatic N) is 2. The van der Waals surface area contributed by atoms with Crippen LogP contribution in [0.5, 0.6) is 0 Å². The number of aromatic nitrogens is 1. The van der Waals surface area contributed by atoms with Crippen molar-refractivity contribution in [1.29, 1.82) is 0 Å². The number of carbonyl (C=O) groups excluding carboxylic acids is 1. The highest BCUT2D eigenvalue weighted by Crippen LogP contribution is 2.31. The molecule has 3 rings (SSSR count). The second kappa shape index (κ2) is 8.72. The van der Waals surface area contributed by atoms with E-state index in [4.69, 9.17) is 0 Å². The van der Waals surface area contributed by atoms with Gasteiger partial charge in [0.1, 0.15) is 17.7 Å². The third-order valence-electron chi connectivity index (χ3n) is 5.79. The van der Waals surface area contributed by atoms with E-state index < -0.39 is 37.8 Å². The summed E-state index contributed by atoms with van der Waals surface area (Å²) in [5, 5.41) is 21.4. The highest BCUT2D eigenvalue weighted by Gasteiger charge is 2.37. The number of aliphatic hydroxyl groups is 1. The van der Waals surface area contributed by atoms with E-state index in [-0.39, 0.29) is 30.4 Å². The first kappa shape index (κ1) is 22.8. The minimum Gasteiger partial charge on any atom is -0.465 e. The molecule has 0 saturated carbocycles. The van der Waals surface area contributed by atoms with E-state index >= 15 is 0 Å². The zero-order chi connectivity index (χ0) is 22.9. The summed E-state index contributed by atoms with van der Waals surface area (Å²) in [5.74, 6) is -2.18. The third-order valence-corrected chi connectivity index (χ3v) is 9.39. The summed E-state index contributed by atoms with van der Waals surface area (Å²) in [7, 11) is -2.30. The smallest absolute Gasteiger partial charge is 0.408 e. The van der Waals surface area contributed by atoms with Crippen LogP contribution in [0.4, 0.5) is 19.3 Å². The minimum atomic E-state index is -2.30. The van der Waals surface area contributed by atoms with Crippen LogP contribution in [-0.2, 0) is 17.8 Å². The van der Waals surface area contributed by atoms with Crippen molar-refractivity contribution in [3.8, 4) is 0 Å². The maximum absolute atomic E-state index is 14.7. The van der Waals surface area contributed by atoms with Crippen LogP contribution in [0.25, 0.3) is 0 Å². The molecule has 7 nitrogen and oxygen atoms in total. The molecule has 0 aliphatic carbocycles. The fraction of sp³-hybridized carbons (Fsp3) is 0.381. The number of rotatable bonds is 5. The van der Waals surface area contributed by atoms with Crippen LogP contribution in [-0.4, -0.2) is 46.7 Å². The van der Waals surface area contributed by atoms with Crippen LogP contribution in [0.2, 0.25) is 19.1 Å². The monoisotopic (exact) mass is 449 g/mol. The molecule has 1 atom stereocenters. The molecule has 0 bridgehead atoms. The minimum absolute atomic E-state index is 0.0280. The largest absolute Gasteiger partial charge is 0.465 e. The number of anilines is 1. The number of halogens is 2. The van der Waals surface area contributed by atoms with E-state index in [2.05, 4.69) is 10.3 Å². The first-order valence-corrected chi connectivity index (χ1v) is 13.2. The van der Waals surface area contributed by atoms with Gasteiger partial charge in [-0.2, -0.15) is 0 Å². The van der Waals surface area contributed by atoms with Gasteiger partial charge >= 0.3 is 6.09 Å². The maximum atomic E-state index is 14.7. The van der Waals surface area contributed by atoms with Crippen LogP contribution >= 0.6 is 0 Å². The lowest BCUT2D eigenvalue weighted by Gasteiger charge is -2.34. The average Bonchev–Trinajstić information content (AvgIpc) is 2.71. The van der Waals surface area contributed by atoms with E-state index in [1.807, 2.05) is 20.0 Å². The zero-order valence-corrected chi connectivity index (χ0v) is 18.6. The predicted octanol–water partition coefficient (Wildman–Crippen LogP) is 3.00. The lowest BCUT2D eigenvalue weighted by molar-refractivity contribution is -0.121. The number of carbonyl (C=O) groups is 2. The molecule has 2 heterocycles. The van der Waals surface area contributed by atoms with Gasteiger partial charge in [0.25, 0.3) is 5.91 Å². The standard InChI is InChI=1S/C21H25F2N3O4Si/c1-4-31(2,3)19-15(22)9-13(10-16(19)23)25-20(28)18-14-6-5-12(11-27)24-17(14)7-8-26(18)21(29)30/h5-6,9-10,18,27H,4,7-8,11H2,1-3H3,(H,25,28)(H,29,30). The van der Waals surface area contributed by atoms with Gasteiger partial charge in [-0.25, -0.2) is 13.6 Å². The van der Waals surface area contributed by atoms with Crippen molar-refractivity contribution >= 4 is 30.9 Å². The molecule has 0 spiro atoms. The van der Waals surface area contributed by atoms with Gasteiger partial charge in [-0.3, -0.25) is 14.7 Å². The Hall–Kier alpha value is -2.85. The van der Waals surface area contributed by atoms with E-state index in [9.17, 15) is 28.6 Å². The van der Waals surface area contributed by atoms with Gasteiger partial charge in [-0.05, 0) is 18.2 Å². The van der Waals surface area contributed by atoms with Crippen molar-refractivity contribution < 1.29 is 28.6 Å². The number of hydrogen-bond acceptors (Lipinski definition) is 4. The molecule has 1 unspecified atom stereocenters. The molecule has 0 saturated heterocycles. The number of hydrogen-bond donors (Lipinski definition) is 3. The number of carboxylic acid groups (broad SMARTS) is 1. The summed E-state index contributed by atoms with van der Waals surface area (Å²) in [6.07, 6.45) is -1.01. The molecular formula is C21H25F2N3O4Si. The first-order valence-electron chi connectivity index (χ1n) is 9.98. The molecule has 3 N–H and O–H groups in total. The van der Waals surface area contributed by atoms with Crippen LogP contribution in [0, 0.1) is 11.6 Å². The SMILES string of the molecule is CC[Si](C)(C)c1c(F)cc(NC(=O)C2c3ccc(CO)nc3CCN2C(=O)O)cc1F. The van der Waals surface area contributed by atoms with Crippen molar-refractivity contribution in [2.45, 2.75) is 45.1 Å². The Morgan fingerprint density at radius 1 is 1.26 bits per heavy atom. The number of aliphatic hydroxyl groups excluding tert-OH is 1. The number of benzene rings is 1. The first-order chi connectivity index (χ1) is 14.6. The Balaban J connectivity index is 1.96. The Labute approximate surface area is 179 Å². The normalized spacial score (nSPS) is 16.1. The van der Waals surface area contributed by atoms with Gasteiger partial charge in [-0.15, -0.1) is 0 Å². The molecule has 10 heteroatoms. The molecule has 2 amide bonds. The molecule has 1 aromatic heterocycles. The van der Waals surface area contributed by atoms with Gasteiger partial charge in [-0.1, -0.05) is 32.1 Å². The van der Waals surface area contributed by atoms with Crippen LogP contribution in [0.1, 0.15) is 29.9 Å². The van der Waals surface area contributed by atoms with E-state index in [1.54, 1.807) is 6.07 Å². The third kappa shape index (κ3) is 4.44. The van der Waals surface area contributed by atoms with E-state index in [0.717, 1.165) is 17.0 Å². The van der Waals surface area contributed by atoms with Gasteiger partial charge in [0.05, 0.1) is 20.4 Å². The molecular weight excluding hydrogens is 424 g/mol. The summed E-state index contributed by atoms with van der Waals surface area (Å²) in [4.78, 5) is 30.0. The van der Waals surface area contributed by atoms with Gasteiger partial charge in [0.2, 0.25) is 0 Å². The maximum Gasteiger partial charge on any atom is 0.408 e. The molecule has 0 radical (unpaired) electrons. The molecule has 0 fully saturated rings. The second-order valence-electron chi connectivity index (χ2n) is 8.17. The Kier molecular flexibility index (Phi) is 6.42. The van der Waals surface area contributed by atoms with Crippen molar-refractivity contribution in [3.05, 3.63) is 52.9 Å². The van der Waals surface area contributed by atoms with Crippen molar-refractivity contribution in [2.24, 2.45) is 0 Å². The number of nitrogens with one attached hydrogen (secondary N) is 1. The number of pyridine rings is 1. The van der Waals surface area contributed by atoms with Gasteiger partial charge in [0, 0.05) is 35.1 Å². The van der Waals surface area contributed by atoms with Crippen molar-refractivity contribution in [1.82, 2.24) is 9.88 Å². The Morgan fingerprint density at radius 2 is 1.90 bits per heavy atom. The van der Waals surface area contributed by atoms with Gasteiger partial charge < -0.3 is 15.5 Å². The molecule has 1 aromatic carbocycles. The average molecular weight is 450 g/mol. The zero-order valence-electron chi connectivity index (χ0n) is 17.6. The van der Waals surface area contributed by atoms with Crippen LogP contribution < -0.4 is 10.5 Å². The fourth-order valence-corrected chi connectivity index (χ4v) is 5.58. The quantitative estimate of drug-likeness (QED) is 0.609. The highest BCUT2D eigenvalue weighted by molar-refractivity contribution is 6.89. The summed E-state index contributed by atoms with van der Waals surface area (Å²) in [6, 6.07) is 4.63. The number of fused-ring (bicyclic) bond motifs is 1. The molecule has 2 aromatic rings. The second-order valence-corrected chi connectivity index (χ2v) is 13.1. The summed E-state index contributed by atoms with van der Waals surface area (Å²) in [6.45, 7) is 5.36. The summed E-state index contributed by atoms with van der Waals surface area (Å²) < 4.78 is 29.4. The summed E-state index contributed by atoms with van der Waals surface area (Å²) in [5.41, 5.74) is 1.21. The van der Waals surface area contributed by atoms with Gasteiger partial charge in [0.15, 0.2) is 0 Å². The molecule has 31 heavy (non-hydrogen) atoms. The number of amides is 2. The van der Waals surface area contributed by atoms with E-state index in [0.29, 0.717) is 23.0 Å². The van der Waals surface area contributed by atoms with Crippen LogP contribution in [0.3, 0.4) is 0 Å². The molecule has 1 aliphatic heterocycles. The molecule has 166 valence electrons. The Bertz CT molecular complexity index is 1010. The predicted molar refractivity (Wildman–Crippen MR) is 114 cm³/mol. The topological polar surface area (TPSA) is 103 Å². The van der Waals surface area contributed by atoms with Crippen molar-refractivity contribution in [3.63, 3.8) is 0 Å². The summed E-state index contributed by atoms with van der Waals surface area (Å²) >= 11 is 0. The highest BCUT2D eigenvalue weighted by atomic mass is 28.3. The lowest BCUT2D eigenvalue weighted by atomic mass is 9.96. The van der Waals surface area contributed by atoms with Crippen LogP contribution in [0.15, 0.2) is 24.3 Å². The lowest BCUT2D eigenvalue weighted by Crippen LogP contribution is -2.46. The Morgan fingerprint density at radius 3 is 2.45 bits per heavy atom. The molecule has 1 aliphatic rings. The van der Waals surface area contributed by atoms with Crippen molar-refractivity contribution in [2.75, 3.05) is 11.9 Å². The van der Waals surface area contributed by atoms with E-state index in [1.165, 1.54) is 6.07 Å². The fourth-order valence-electron chi connectivity index (χ4n) is 3.79.